The summed E-state index contributed by atoms with van der Waals surface area (Å²) in [7, 11) is 0. The van der Waals surface area contributed by atoms with E-state index in [4.69, 9.17) is 14.6 Å². The third-order valence-electron chi connectivity index (χ3n) is 3.20. The van der Waals surface area contributed by atoms with Crippen LogP contribution in [0.15, 0.2) is 65.3 Å². The topological polar surface area (TPSA) is 85.2 Å². The molecule has 1 aliphatic rings. The van der Waals surface area contributed by atoms with E-state index in [0.717, 1.165) is 0 Å². The Balaban J connectivity index is 1.90. The van der Waals surface area contributed by atoms with E-state index in [1.165, 1.54) is 6.08 Å². The number of para-hydroxylation sites is 1. The third kappa shape index (κ3) is 3.49. The van der Waals surface area contributed by atoms with Crippen LogP contribution in [0.25, 0.3) is 6.08 Å². The number of benzene rings is 2. The Labute approximate surface area is 137 Å². The SMILES string of the molecule is O=C(O)COc1ccccc1/C=C1\N=C(c2ccccc2)OC1=O. The number of aliphatic carboxylic acids is 1. The summed E-state index contributed by atoms with van der Waals surface area (Å²) < 4.78 is 10.4. The summed E-state index contributed by atoms with van der Waals surface area (Å²) in [5, 5.41) is 8.72. The van der Waals surface area contributed by atoms with Crippen molar-refractivity contribution >= 4 is 23.9 Å². The second-order valence-electron chi connectivity index (χ2n) is 4.92. The summed E-state index contributed by atoms with van der Waals surface area (Å²) in [5.41, 5.74) is 1.37. The number of esters is 1. The molecule has 2 aromatic carbocycles. The van der Waals surface area contributed by atoms with Gasteiger partial charge in [-0.2, -0.15) is 0 Å². The quantitative estimate of drug-likeness (QED) is 0.675. The fraction of sp³-hybridized carbons (Fsp3) is 0.0556. The van der Waals surface area contributed by atoms with Gasteiger partial charge in [0.1, 0.15) is 5.75 Å². The number of hydrogen-bond donors (Lipinski definition) is 1. The second kappa shape index (κ2) is 6.78. The smallest absolute Gasteiger partial charge is 0.363 e. The number of carboxylic acids is 1. The van der Waals surface area contributed by atoms with Crippen LogP contribution in [0.1, 0.15) is 11.1 Å². The fourth-order valence-electron chi connectivity index (χ4n) is 2.13. The Morgan fingerprint density at radius 1 is 1.12 bits per heavy atom. The number of rotatable bonds is 5. The van der Waals surface area contributed by atoms with E-state index < -0.39 is 18.5 Å². The largest absolute Gasteiger partial charge is 0.481 e. The zero-order valence-electron chi connectivity index (χ0n) is 12.5. The average Bonchev–Trinajstić information content (AvgIpc) is 2.96. The molecule has 3 rings (SSSR count). The van der Waals surface area contributed by atoms with Gasteiger partial charge in [0.2, 0.25) is 5.90 Å². The van der Waals surface area contributed by atoms with Crippen molar-refractivity contribution in [2.45, 2.75) is 0 Å². The van der Waals surface area contributed by atoms with E-state index >= 15 is 0 Å². The maximum Gasteiger partial charge on any atom is 0.363 e. The minimum absolute atomic E-state index is 0.125. The van der Waals surface area contributed by atoms with E-state index in [1.807, 2.05) is 18.2 Å². The second-order valence-corrected chi connectivity index (χ2v) is 4.92. The average molecular weight is 323 g/mol. The van der Waals surface area contributed by atoms with Gasteiger partial charge in [0.15, 0.2) is 12.3 Å². The van der Waals surface area contributed by atoms with E-state index in [-0.39, 0.29) is 11.6 Å². The Kier molecular flexibility index (Phi) is 4.38. The molecule has 6 nitrogen and oxygen atoms in total. The van der Waals surface area contributed by atoms with Gasteiger partial charge in [-0.1, -0.05) is 36.4 Å². The van der Waals surface area contributed by atoms with Crippen molar-refractivity contribution in [3.63, 3.8) is 0 Å². The van der Waals surface area contributed by atoms with Crippen LogP contribution in [-0.4, -0.2) is 29.5 Å². The Hall–Kier alpha value is -3.41. The zero-order valence-corrected chi connectivity index (χ0v) is 12.5. The standard InChI is InChI=1S/C18H13NO5/c20-16(21)11-23-15-9-5-4-8-13(15)10-14-18(22)24-17(19-14)12-6-2-1-3-7-12/h1-10H,11H2,(H,20,21)/b14-10-. The molecule has 6 heteroatoms. The molecule has 0 bridgehead atoms. The lowest BCUT2D eigenvalue weighted by atomic mass is 10.1. The Bertz CT molecular complexity index is 839. The van der Waals surface area contributed by atoms with Gasteiger partial charge in [-0.3, -0.25) is 0 Å². The molecule has 0 atom stereocenters. The first-order valence-electron chi connectivity index (χ1n) is 7.15. The highest BCUT2D eigenvalue weighted by molar-refractivity contribution is 6.12. The van der Waals surface area contributed by atoms with Crippen molar-refractivity contribution in [3.8, 4) is 5.75 Å². The van der Waals surface area contributed by atoms with Gasteiger partial charge in [-0.05, 0) is 24.3 Å². The van der Waals surface area contributed by atoms with Crippen LogP contribution in [0.5, 0.6) is 5.75 Å². The molecule has 120 valence electrons. The molecule has 0 aliphatic carbocycles. The minimum Gasteiger partial charge on any atom is -0.481 e. The summed E-state index contributed by atoms with van der Waals surface area (Å²) in [6.07, 6.45) is 1.51. The van der Waals surface area contributed by atoms with Crippen molar-refractivity contribution in [3.05, 3.63) is 71.4 Å². The van der Waals surface area contributed by atoms with E-state index in [1.54, 1.807) is 36.4 Å². The summed E-state index contributed by atoms with van der Waals surface area (Å²) in [6, 6.07) is 15.9. The number of ether oxygens (including phenoxy) is 2. The van der Waals surface area contributed by atoms with Gasteiger partial charge in [0.05, 0.1) is 0 Å². The zero-order chi connectivity index (χ0) is 16.9. The molecule has 2 aromatic rings. The third-order valence-corrected chi connectivity index (χ3v) is 3.20. The van der Waals surface area contributed by atoms with Crippen molar-refractivity contribution in [1.29, 1.82) is 0 Å². The maximum atomic E-state index is 12.0. The number of carbonyl (C=O) groups is 2. The number of carbonyl (C=O) groups excluding carboxylic acids is 1. The first kappa shape index (κ1) is 15.5. The Morgan fingerprint density at radius 3 is 2.58 bits per heavy atom. The monoisotopic (exact) mass is 323 g/mol. The highest BCUT2D eigenvalue weighted by atomic mass is 16.6. The van der Waals surface area contributed by atoms with Crippen molar-refractivity contribution in [1.82, 2.24) is 0 Å². The van der Waals surface area contributed by atoms with Gasteiger partial charge in [0.25, 0.3) is 0 Å². The maximum absolute atomic E-state index is 12.0. The molecule has 0 radical (unpaired) electrons. The molecule has 1 N–H and O–H groups in total. The highest BCUT2D eigenvalue weighted by Crippen LogP contribution is 2.24. The number of aliphatic imine (C=N–C) groups is 1. The van der Waals surface area contributed by atoms with Crippen LogP contribution in [0, 0.1) is 0 Å². The lowest BCUT2D eigenvalue weighted by Crippen LogP contribution is -2.10. The number of carboxylic acid groups (broad SMARTS) is 1. The predicted octanol–water partition coefficient (Wildman–Crippen LogP) is 2.49. The van der Waals surface area contributed by atoms with Crippen LogP contribution >= 0.6 is 0 Å². The van der Waals surface area contributed by atoms with E-state index in [0.29, 0.717) is 16.9 Å². The summed E-state index contributed by atoms with van der Waals surface area (Å²) >= 11 is 0. The van der Waals surface area contributed by atoms with E-state index in [2.05, 4.69) is 4.99 Å². The molecule has 1 heterocycles. The molecule has 0 saturated carbocycles. The van der Waals surface area contributed by atoms with Gasteiger partial charge < -0.3 is 14.6 Å². The van der Waals surface area contributed by atoms with Gasteiger partial charge in [-0.15, -0.1) is 0 Å². The summed E-state index contributed by atoms with van der Waals surface area (Å²) in [4.78, 5) is 26.8. The van der Waals surface area contributed by atoms with Crippen LogP contribution in [0.2, 0.25) is 0 Å². The highest BCUT2D eigenvalue weighted by Gasteiger charge is 2.24. The lowest BCUT2D eigenvalue weighted by Gasteiger charge is -2.06. The first-order chi connectivity index (χ1) is 11.6. The number of nitrogens with zero attached hydrogens (tertiary/aromatic N) is 1. The summed E-state index contributed by atoms with van der Waals surface area (Å²) in [6.45, 7) is -0.469. The molecule has 24 heavy (non-hydrogen) atoms. The van der Waals surface area contributed by atoms with Crippen molar-refractivity contribution in [2.24, 2.45) is 4.99 Å². The van der Waals surface area contributed by atoms with Crippen LogP contribution in [-0.2, 0) is 14.3 Å². The Morgan fingerprint density at radius 2 is 1.83 bits per heavy atom. The minimum atomic E-state index is -1.08. The summed E-state index contributed by atoms with van der Waals surface area (Å²) in [5.74, 6) is -1.07. The molecule has 0 aromatic heterocycles. The molecule has 0 amide bonds. The first-order valence-corrected chi connectivity index (χ1v) is 7.15. The van der Waals surface area contributed by atoms with E-state index in [9.17, 15) is 9.59 Å². The van der Waals surface area contributed by atoms with Gasteiger partial charge in [-0.25, -0.2) is 14.6 Å². The molecule has 0 unspecified atom stereocenters. The molecule has 0 spiro atoms. The van der Waals surface area contributed by atoms with Gasteiger partial charge in [0, 0.05) is 11.1 Å². The van der Waals surface area contributed by atoms with Crippen molar-refractivity contribution in [2.75, 3.05) is 6.61 Å². The predicted molar refractivity (Wildman–Crippen MR) is 86.6 cm³/mol. The number of cyclic esters (lactones) is 1. The van der Waals surface area contributed by atoms with Crippen molar-refractivity contribution < 1.29 is 24.2 Å². The molecule has 0 saturated heterocycles. The van der Waals surface area contributed by atoms with Gasteiger partial charge >= 0.3 is 11.9 Å². The van der Waals surface area contributed by atoms with Crippen LogP contribution in [0.3, 0.4) is 0 Å². The fourth-order valence-corrected chi connectivity index (χ4v) is 2.13. The molecule has 0 fully saturated rings. The molecule has 1 aliphatic heterocycles. The van der Waals surface area contributed by atoms with Crippen LogP contribution in [0.4, 0.5) is 0 Å². The number of hydrogen-bond acceptors (Lipinski definition) is 5. The molecular formula is C18H13NO5. The normalized spacial score (nSPS) is 15.1. The lowest BCUT2D eigenvalue weighted by molar-refractivity contribution is -0.139. The van der Waals surface area contributed by atoms with Crippen LogP contribution < -0.4 is 4.74 Å². The molecular weight excluding hydrogens is 310 g/mol.